The van der Waals surface area contributed by atoms with Crippen LogP contribution in [0.5, 0.6) is 0 Å². The molecule has 0 saturated heterocycles. The monoisotopic (exact) mass is 366 g/mol. The molecule has 0 N–H and O–H groups in total. The van der Waals surface area contributed by atoms with Crippen molar-refractivity contribution in [1.29, 1.82) is 0 Å². The summed E-state index contributed by atoms with van der Waals surface area (Å²) < 4.78 is 5.07. The third-order valence-electron chi connectivity index (χ3n) is 4.19. The molecule has 0 bridgehead atoms. The van der Waals surface area contributed by atoms with E-state index in [1.165, 1.54) is 5.56 Å². The van der Waals surface area contributed by atoms with Gasteiger partial charge in [-0.2, -0.15) is 0 Å². The fraction of sp³-hybridized carbons (Fsp3) is 0.304. The number of allylic oxidation sites excluding steroid dienone is 1. The average Bonchev–Trinajstić information content (AvgIpc) is 2.62. The molecule has 2 aromatic carbocycles. The van der Waals surface area contributed by atoms with Crippen molar-refractivity contribution in [2.24, 2.45) is 5.92 Å². The molecule has 0 aliphatic heterocycles. The van der Waals surface area contributed by atoms with Crippen LogP contribution in [0.15, 0.2) is 48.5 Å². The van der Waals surface area contributed by atoms with E-state index >= 15 is 0 Å². The summed E-state index contributed by atoms with van der Waals surface area (Å²) in [5, 5.41) is 0. The van der Waals surface area contributed by atoms with Crippen LogP contribution in [0.1, 0.15) is 54.7 Å². The number of carbonyl (C=O) groups is 1. The van der Waals surface area contributed by atoms with E-state index in [1.807, 2.05) is 25.1 Å². The molecule has 0 heterocycles. The SMILES string of the molecule is CCOC(=O)c1cccc(C=C(C)c2cccc(CC(=S)C(C)C)c2)c1. The van der Waals surface area contributed by atoms with Crippen molar-refractivity contribution in [3.8, 4) is 0 Å². The van der Waals surface area contributed by atoms with Crippen LogP contribution in [0, 0.1) is 5.92 Å². The van der Waals surface area contributed by atoms with Crippen molar-refractivity contribution < 1.29 is 9.53 Å². The molecular weight excluding hydrogens is 340 g/mol. The summed E-state index contributed by atoms with van der Waals surface area (Å²) in [7, 11) is 0. The Morgan fingerprint density at radius 1 is 1.12 bits per heavy atom. The van der Waals surface area contributed by atoms with E-state index in [-0.39, 0.29) is 5.97 Å². The van der Waals surface area contributed by atoms with Crippen molar-refractivity contribution in [2.45, 2.75) is 34.1 Å². The minimum atomic E-state index is -0.287. The summed E-state index contributed by atoms with van der Waals surface area (Å²) in [6.07, 6.45) is 2.91. The molecular formula is C23H26O2S. The van der Waals surface area contributed by atoms with Gasteiger partial charge in [0.1, 0.15) is 0 Å². The minimum absolute atomic E-state index is 0.287. The third kappa shape index (κ3) is 5.63. The van der Waals surface area contributed by atoms with Crippen molar-refractivity contribution in [3.05, 3.63) is 70.8 Å². The van der Waals surface area contributed by atoms with Crippen LogP contribution < -0.4 is 0 Å². The molecule has 0 spiro atoms. The molecule has 2 nitrogen and oxygen atoms in total. The van der Waals surface area contributed by atoms with Gasteiger partial charge in [0, 0.05) is 6.42 Å². The van der Waals surface area contributed by atoms with Gasteiger partial charge in [0.15, 0.2) is 0 Å². The van der Waals surface area contributed by atoms with E-state index in [1.54, 1.807) is 6.07 Å². The van der Waals surface area contributed by atoms with Gasteiger partial charge in [0.25, 0.3) is 0 Å². The highest BCUT2D eigenvalue weighted by Gasteiger charge is 2.07. The number of hydrogen-bond acceptors (Lipinski definition) is 3. The number of ether oxygens (including phenoxy) is 1. The second-order valence-corrected chi connectivity index (χ2v) is 7.20. The summed E-state index contributed by atoms with van der Waals surface area (Å²) in [4.78, 5) is 13.0. The Morgan fingerprint density at radius 2 is 1.81 bits per heavy atom. The molecule has 0 aliphatic carbocycles. The molecule has 0 unspecified atom stereocenters. The first-order valence-electron chi connectivity index (χ1n) is 8.98. The Labute approximate surface area is 161 Å². The number of esters is 1. The van der Waals surface area contributed by atoms with Gasteiger partial charge in [0.05, 0.1) is 12.2 Å². The van der Waals surface area contributed by atoms with Gasteiger partial charge in [-0.25, -0.2) is 4.79 Å². The van der Waals surface area contributed by atoms with Gasteiger partial charge in [-0.15, -0.1) is 0 Å². The predicted molar refractivity (Wildman–Crippen MR) is 114 cm³/mol. The zero-order valence-corrected chi connectivity index (χ0v) is 16.7. The quantitative estimate of drug-likeness (QED) is 0.342. The first kappa shape index (κ1) is 20.1. The van der Waals surface area contributed by atoms with Crippen LogP contribution in [0.25, 0.3) is 11.6 Å². The minimum Gasteiger partial charge on any atom is -0.462 e. The fourth-order valence-corrected chi connectivity index (χ4v) is 2.80. The number of benzene rings is 2. The Hall–Kier alpha value is -2.26. The van der Waals surface area contributed by atoms with Crippen LogP contribution in [-0.4, -0.2) is 17.4 Å². The van der Waals surface area contributed by atoms with Crippen LogP contribution in [0.3, 0.4) is 0 Å². The normalized spacial score (nSPS) is 11.5. The molecule has 0 fully saturated rings. The van der Waals surface area contributed by atoms with Crippen LogP contribution in [-0.2, 0) is 11.2 Å². The Morgan fingerprint density at radius 3 is 2.50 bits per heavy atom. The van der Waals surface area contributed by atoms with Gasteiger partial charge in [-0.05, 0) is 59.0 Å². The maximum absolute atomic E-state index is 11.9. The average molecular weight is 367 g/mol. The first-order chi connectivity index (χ1) is 12.4. The van der Waals surface area contributed by atoms with E-state index in [0.717, 1.165) is 28.0 Å². The fourth-order valence-electron chi connectivity index (χ4n) is 2.64. The lowest BCUT2D eigenvalue weighted by molar-refractivity contribution is 0.0526. The van der Waals surface area contributed by atoms with Gasteiger partial charge in [-0.3, -0.25) is 0 Å². The van der Waals surface area contributed by atoms with E-state index in [2.05, 4.69) is 51.1 Å². The van der Waals surface area contributed by atoms with Gasteiger partial charge >= 0.3 is 5.97 Å². The molecule has 0 amide bonds. The van der Waals surface area contributed by atoms with Crippen LogP contribution >= 0.6 is 12.2 Å². The Balaban J connectivity index is 2.23. The van der Waals surface area contributed by atoms with E-state index in [0.29, 0.717) is 18.1 Å². The highest BCUT2D eigenvalue weighted by molar-refractivity contribution is 7.80. The molecule has 136 valence electrons. The Bertz CT molecular complexity index is 818. The topological polar surface area (TPSA) is 26.3 Å². The summed E-state index contributed by atoms with van der Waals surface area (Å²) >= 11 is 5.48. The number of rotatable bonds is 7. The van der Waals surface area contributed by atoms with Crippen molar-refractivity contribution >= 4 is 34.7 Å². The second kappa shape index (κ2) is 9.44. The highest BCUT2D eigenvalue weighted by atomic mass is 32.1. The van der Waals surface area contributed by atoms with E-state index < -0.39 is 0 Å². The standard InChI is InChI=1S/C23H26O2S/c1-5-25-23(24)21-11-7-8-18(14-21)12-17(4)20-10-6-9-19(13-20)15-22(26)16(2)3/h6-14,16H,5,15H2,1-4H3. The summed E-state index contributed by atoms with van der Waals surface area (Å²) in [6.45, 7) is 8.53. The summed E-state index contributed by atoms with van der Waals surface area (Å²) in [5.74, 6) is 0.125. The van der Waals surface area contributed by atoms with Gasteiger partial charge < -0.3 is 4.74 Å². The molecule has 0 atom stereocenters. The molecule has 2 aromatic rings. The largest absolute Gasteiger partial charge is 0.462 e. The lowest BCUT2D eigenvalue weighted by atomic mass is 9.97. The third-order valence-corrected chi connectivity index (χ3v) is 4.80. The van der Waals surface area contributed by atoms with Crippen LogP contribution in [0.2, 0.25) is 0 Å². The molecule has 0 saturated carbocycles. The smallest absolute Gasteiger partial charge is 0.338 e. The second-order valence-electron chi connectivity index (χ2n) is 6.67. The van der Waals surface area contributed by atoms with E-state index in [9.17, 15) is 4.79 Å². The molecule has 26 heavy (non-hydrogen) atoms. The highest BCUT2D eigenvalue weighted by Crippen LogP contribution is 2.20. The zero-order chi connectivity index (χ0) is 19.1. The first-order valence-corrected chi connectivity index (χ1v) is 9.39. The van der Waals surface area contributed by atoms with Crippen molar-refractivity contribution in [1.82, 2.24) is 0 Å². The van der Waals surface area contributed by atoms with Crippen molar-refractivity contribution in [3.63, 3.8) is 0 Å². The number of thiocarbonyl (C=S) groups is 1. The summed E-state index contributed by atoms with van der Waals surface area (Å²) in [5.41, 5.74) is 5.09. The molecule has 3 heteroatoms. The van der Waals surface area contributed by atoms with Crippen LogP contribution in [0.4, 0.5) is 0 Å². The Kier molecular flexibility index (Phi) is 7.28. The lowest BCUT2D eigenvalue weighted by Crippen LogP contribution is -2.07. The lowest BCUT2D eigenvalue weighted by Gasteiger charge is -2.10. The van der Waals surface area contributed by atoms with Crippen molar-refractivity contribution in [2.75, 3.05) is 6.61 Å². The van der Waals surface area contributed by atoms with E-state index in [4.69, 9.17) is 17.0 Å². The summed E-state index contributed by atoms with van der Waals surface area (Å²) in [6, 6.07) is 16.0. The molecule has 0 aliphatic rings. The molecule has 2 rings (SSSR count). The predicted octanol–water partition coefficient (Wildman–Crippen LogP) is 5.99. The van der Waals surface area contributed by atoms with Gasteiger partial charge in [0.2, 0.25) is 0 Å². The molecule has 0 aromatic heterocycles. The number of hydrogen-bond donors (Lipinski definition) is 0. The maximum Gasteiger partial charge on any atom is 0.338 e. The molecule has 0 radical (unpaired) electrons. The van der Waals surface area contributed by atoms with Gasteiger partial charge in [-0.1, -0.05) is 68.5 Å². The maximum atomic E-state index is 11.9. The number of carbonyl (C=O) groups excluding carboxylic acids is 1. The zero-order valence-electron chi connectivity index (χ0n) is 15.9.